The summed E-state index contributed by atoms with van der Waals surface area (Å²) in [5.41, 5.74) is 16.7. The summed E-state index contributed by atoms with van der Waals surface area (Å²) in [5.74, 6) is -5.69. The fraction of sp³-hybridized carbons (Fsp3) is 0.500. The predicted molar refractivity (Wildman–Crippen MR) is 133 cm³/mol. The van der Waals surface area contributed by atoms with Gasteiger partial charge in [0.15, 0.2) is 0 Å². The number of nitrogens with two attached hydrogens (primary N) is 3. The van der Waals surface area contributed by atoms with Crippen molar-refractivity contribution in [3.8, 4) is 0 Å². The molecule has 0 spiro atoms. The quantitative estimate of drug-likeness (QED) is 0.132. The first kappa shape index (κ1) is 31.0. The average molecular weight is 521 g/mol. The van der Waals surface area contributed by atoms with Gasteiger partial charge in [-0.05, 0) is 17.9 Å². The van der Waals surface area contributed by atoms with Crippen molar-refractivity contribution in [3.05, 3.63) is 35.9 Å². The summed E-state index contributed by atoms with van der Waals surface area (Å²) >= 11 is 0. The number of hydrogen-bond acceptors (Lipinski definition) is 7. The highest BCUT2D eigenvalue weighted by Crippen LogP contribution is 2.11. The van der Waals surface area contributed by atoms with Crippen LogP contribution in [0.15, 0.2) is 30.3 Å². The second kappa shape index (κ2) is 15.2. The molecule has 5 unspecified atom stereocenters. The fourth-order valence-corrected chi connectivity index (χ4v) is 3.39. The molecule has 37 heavy (non-hydrogen) atoms. The maximum absolute atomic E-state index is 13.1. The summed E-state index contributed by atoms with van der Waals surface area (Å²) in [6.45, 7) is 3.45. The van der Waals surface area contributed by atoms with Gasteiger partial charge in [0.05, 0.1) is 12.5 Å². The molecule has 13 nitrogen and oxygen atoms in total. The van der Waals surface area contributed by atoms with Gasteiger partial charge in [0.2, 0.25) is 29.5 Å². The molecule has 0 heterocycles. The molecule has 0 aliphatic carbocycles. The lowest BCUT2D eigenvalue weighted by molar-refractivity contribution is -0.142. The molecule has 0 aliphatic rings. The van der Waals surface area contributed by atoms with Crippen molar-refractivity contribution in [1.29, 1.82) is 0 Å². The molecule has 10 N–H and O–H groups in total. The minimum absolute atomic E-state index is 0.0205. The van der Waals surface area contributed by atoms with Crippen molar-refractivity contribution in [3.63, 3.8) is 0 Å². The van der Waals surface area contributed by atoms with Crippen LogP contribution in [0.2, 0.25) is 0 Å². The number of nitrogens with one attached hydrogen (secondary N) is 3. The lowest BCUT2D eigenvalue weighted by atomic mass is 9.96. The molecule has 1 rings (SSSR count). The maximum atomic E-state index is 13.1. The van der Waals surface area contributed by atoms with E-state index in [1.54, 1.807) is 44.2 Å². The molecule has 13 heteroatoms. The minimum Gasteiger partial charge on any atom is -0.480 e. The van der Waals surface area contributed by atoms with Crippen LogP contribution in [-0.2, 0) is 35.2 Å². The Kier molecular flexibility index (Phi) is 12.7. The van der Waals surface area contributed by atoms with E-state index in [-0.39, 0.29) is 19.3 Å². The van der Waals surface area contributed by atoms with E-state index in [1.807, 2.05) is 0 Å². The third-order valence-corrected chi connectivity index (χ3v) is 5.77. The summed E-state index contributed by atoms with van der Waals surface area (Å²) in [6, 6.07) is 3.63. The first-order valence-corrected chi connectivity index (χ1v) is 11.9. The number of hydrogen-bond donors (Lipinski definition) is 7. The molecule has 5 amide bonds. The first-order valence-electron chi connectivity index (χ1n) is 11.9. The zero-order valence-corrected chi connectivity index (χ0v) is 20.9. The van der Waals surface area contributed by atoms with Crippen molar-refractivity contribution in [2.24, 2.45) is 23.1 Å². The molecule has 5 atom stereocenters. The Morgan fingerprint density at radius 2 is 1.46 bits per heavy atom. The third kappa shape index (κ3) is 11.1. The maximum Gasteiger partial charge on any atom is 0.326 e. The van der Waals surface area contributed by atoms with Crippen molar-refractivity contribution >= 4 is 35.5 Å². The van der Waals surface area contributed by atoms with E-state index in [0.717, 1.165) is 0 Å². The van der Waals surface area contributed by atoms with Gasteiger partial charge in [-0.15, -0.1) is 0 Å². The molecule has 0 aromatic heterocycles. The number of carbonyl (C=O) groups is 6. The second-order valence-corrected chi connectivity index (χ2v) is 8.80. The number of rotatable bonds is 16. The molecule has 0 saturated carbocycles. The highest BCUT2D eigenvalue weighted by Gasteiger charge is 2.33. The summed E-state index contributed by atoms with van der Waals surface area (Å²) in [5, 5.41) is 16.9. The predicted octanol–water partition coefficient (Wildman–Crippen LogP) is -1.72. The van der Waals surface area contributed by atoms with Crippen LogP contribution in [0.4, 0.5) is 0 Å². The highest BCUT2D eigenvalue weighted by molar-refractivity contribution is 5.96. The van der Waals surface area contributed by atoms with Crippen LogP contribution in [0, 0.1) is 5.92 Å². The average Bonchev–Trinajstić information content (AvgIpc) is 2.84. The lowest BCUT2D eigenvalue weighted by Crippen LogP contribution is -2.59. The van der Waals surface area contributed by atoms with Crippen LogP contribution < -0.4 is 33.2 Å². The number of primary amides is 2. The number of aliphatic carboxylic acids is 1. The van der Waals surface area contributed by atoms with Crippen LogP contribution in [0.1, 0.15) is 45.1 Å². The highest BCUT2D eigenvalue weighted by atomic mass is 16.4. The van der Waals surface area contributed by atoms with Gasteiger partial charge in [0.1, 0.15) is 18.1 Å². The van der Waals surface area contributed by atoms with Gasteiger partial charge in [-0.25, -0.2) is 4.79 Å². The van der Waals surface area contributed by atoms with E-state index in [9.17, 15) is 33.9 Å². The topological polar surface area (TPSA) is 237 Å². The molecule has 0 saturated heterocycles. The van der Waals surface area contributed by atoms with Gasteiger partial charge < -0.3 is 38.3 Å². The Bertz CT molecular complexity index is 972. The summed E-state index contributed by atoms with van der Waals surface area (Å²) < 4.78 is 0. The lowest BCUT2D eigenvalue weighted by Gasteiger charge is -2.28. The number of carboxylic acid groups (broad SMARTS) is 1. The first-order chi connectivity index (χ1) is 17.3. The van der Waals surface area contributed by atoms with Gasteiger partial charge in [0, 0.05) is 12.8 Å². The van der Waals surface area contributed by atoms with Gasteiger partial charge in [-0.2, -0.15) is 0 Å². The Hall–Kier alpha value is -4.00. The third-order valence-electron chi connectivity index (χ3n) is 5.77. The monoisotopic (exact) mass is 520 g/mol. The Morgan fingerprint density at radius 1 is 0.865 bits per heavy atom. The zero-order chi connectivity index (χ0) is 28.1. The summed E-state index contributed by atoms with van der Waals surface area (Å²) in [6.07, 6.45) is -0.361. The number of carboxylic acids is 1. The second-order valence-electron chi connectivity index (χ2n) is 8.80. The standard InChI is InChI=1S/C24H36N6O7/c1-3-13(2)20(23(35)29-17(24(36)37)11-14-7-5-4-6-8-14)30-22(34)16(12-19(27)32)28-21(33)15(25)9-10-18(26)31/h4-8,13,15-17,20H,3,9-12,25H2,1-2H3,(H2,26,31)(H2,27,32)(H,28,33)(H,29,35)(H,30,34)(H,36,37). The van der Waals surface area contributed by atoms with Crippen LogP contribution in [0.3, 0.4) is 0 Å². The molecular formula is C24H36N6O7. The van der Waals surface area contributed by atoms with Gasteiger partial charge in [-0.1, -0.05) is 50.6 Å². The SMILES string of the molecule is CCC(C)C(NC(=O)C(CC(N)=O)NC(=O)C(N)CCC(N)=O)C(=O)NC(Cc1ccccc1)C(=O)O. The van der Waals surface area contributed by atoms with E-state index in [4.69, 9.17) is 17.2 Å². The molecule has 204 valence electrons. The van der Waals surface area contributed by atoms with Crippen molar-refractivity contribution < 1.29 is 33.9 Å². The number of carbonyl (C=O) groups excluding carboxylic acids is 5. The van der Waals surface area contributed by atoms with E-state index in [0.29, 0.717) is 12.0 Å². The van der Waals surface area contributed by atoms with Crippen molar-refractivity contribution in [1.82, 2.24) is 16.0 Å². The van der Waals surface area contributed by atoms with Crippen LogP contribution in [0.25, 0.3) is 0 Å². The van der Waals surface area contributed by atoms with E-state index in [1.165, 1.54) is 0 Å². The largest absolute Gasteiger partial charge is 0.480 e. The molecule has 0 fully saturated rings. The van der Waals surface area contributed by atoms with E-state index in [2.05, 4.69) is 16.0 Å². The zero-order valence-electron chi connectivity index (χ0n) is 20.9. The summed E-state index contributed by atoms with van der Waals surface area (Å²) in [4.78, 5) is 72.7. The van der Waals surface area contributed by atoms with Crippen LogP contribution >= 0.6 is 0 Å². The van der Waals surface area contributed by atoms with Crippen LogP contribution in [-0.4, -0.2) is 64.8 Å². The van der Waals surface area contributed by atoms with E-state index < -0.39 is 72.0 Å². The summed E-state index contributed by atoms with van der Waals surface area (Å²) in [7, 11) is 0. The Labute approximate surface area is 214 Å². The molecule has 0 aliphatic heterocycles. The molecule has 1 aromatic rings. The van der Waals surface area contributed by atoms with Crippen LogP contribution in [0.5, 0.6) is 0 Å². The Morgan fingerprint density at radius 3 is 1.97 bits per heavy atom. The smallest absolute Gasteiger partial charge is 0.326 e. The minimum atomic E-state index is -1.46. The molecule has 0 radical (unpaired) electrons. The Balaban J connectivity index is 3.01. The molecular weight excluding hydrogens is 484 g/mol. The van der Waals surface area contributed by atoms with Crippen molar-refractivity contribution in [2.75, 3.05) is 0 Å². The van der Waals surface area contributed by atoms with Crippen molar-refractivity contribution in [2.45, 2.75) is 70.1 Å². The normalized spacial score (nSPS) is 14.8. The number of amides is 5. The number of benzene rings is 1. The van der Waals surface area contributed by atoms with Gasteiger partial charge >= 0.3 is 5.97 Å². The molecule has 0 bridgehead atoms. The fourth-order valence-electron chi connectivity index (χ4n) is 3.39. The van der Waals surface area contributed by atoms with Gasteiger partial charge in [0.25, 0.3) is 0 Å². The van der Waals surface area contributed by atoms with Gasteiger partial charge in [-0.3, -0.25) is 24.0 Å². The van der Waals surface area contributed by atoms with E-state index >= 15 is 0 Å². The molecule has 1 aromatic carbocycles.